The fourth-order valence-corrected chi connectivity index (χ4v) is 10.4. The van der Waals surface area contributed by atoms with Gasteiger partial charge in [-0.15, -0.1) is 0 Å². The molecule has 8 aromatic carbocycles. The van der Waals surface area contributed by atoms with Crippen molar-refractivity contribution in [3.63, 3.8) is 0 Å². The highest BCUT2D eigenvalue weighted by molar-refractivity contribution is 6.02. The van der Waals surface area contributed by atoms with E-state index >= 15 is 0 Å². The topological polar surface area (TPSA) is 21.1 Å². The van der Waals surface area contributed by atoms with E-state index < -0.39 is 5.41 Å². The van der Waals surface area contributed by atoms with E-state index in [2.05, 4.69) is 211 Å². The van der Waals surface area contributed by atoms with E-state index in [-0.39, 0.29) is 5.41 Å². The first-order valence-corrected chi connectivity index (χ1v) is 19.6. The second-order valence-corrected chi connectivity index (χ2v) is 15.9. The Morgan fingerprint density at radius 1 is 0.446 bits per heavy atom. The number of fused-ring (bicyclic) bond motifs is 15. The summed E-state index contributed by atoms with van der Waals surface area (Å²) in [6, 6.07) is 69.2. The van der Waals surface area contributed by atoms with E-state index in [1.807, 2.05) is 0 Å². The van der Waals surface area contributed by atoms with Crippen LogP contribution in [0.15, 0.2) is 188 Å². The van der Waals surface area contributed by atoms with Gasteiger partial charge in [-0.3, -0.25) is 4.57 Å². The Bertz CT molecular complexity index is 3060. The van der Waals surface area contributed by atoms with Crippen molar-refractivity contribution in [1.29, 1.82) is 0 Å². The average molecular weight is 716 g/mol. The normalized spacial score (nSPS) is 16.2. The Hall–Kier alpha value is -6.97. The molecule has 3 nitrogen and oxygen atoms in total. The lowest BCUT2D eigenvalue weighted by atomic mass is 9.73. The molecule has 3 heteroatoms. The minimum Gasteiger partial charge on any atom is -0.309 e. The molecule has 3 aliphatic rings. The number of hydrogen-bond acceptors (Lipinski definition) is 2. The van der Waals surface area contributed by atoms with Crippen LogP contribution in [0, 0.1) is 0 Å². The molecule has 0 amide bonds. The first-order chi connectivity index (χ1) is 27.6. The summed E-state index contributed by atoms with van der Waals surface area (Å²) in [6.45, 7) is 4.73. The van der Waals surface area contributed by atoms with Gasteiger partial charge in [0.2, 0.25) is 0 Å². The molecule has 0 radical (unpaired) electrons. The minimum absolute atomic E-state index is 0.132. The van der Waals surface area contributed by atoms with Gasteiger partial charge in [-0.05, 0) is 92.5 Å². The van der Waals surface area contributed by atoms with Crippen LogP contribution < -0.4 is 4.90 Å². The van der Waals surface area contributed by atoms with Gasteiger partial charge in [0.05, 0.1) is 28.1 Å². The summed E-state index contributed by atoms with van der Waals surface area (Å²) in [5, 5.41) is 0. The third-order valence-electron chi connectivity index (χ3n) is 12.8. The summed E-state index contributed by atoms with van der Waals surface area (Å²) in [5.41, 5.74) is 20.1. The van der Waals surface area contributed by atoms with E-state index in [0.717, 1.165) is 28.2 Å². The average Bonchev–Trinajstić information content (AvgIpc) is 3.94. The Morgan fingerprint density at radius 2 is 1.00 bits per heavy atom. The van der Waals surface area contributed by atoms with E-state index in [1.165, 1.54) is 72.6 Å². The second-order valence-electron chi connectivity index (χ2n) is 15.9. The lowest BCUT2D eigenvalue weighted by molar-refractivity contribution is 0.660. The fraction of sp³-hybridized carbons (Fsp3) is 0.0755. The van der Waals surface area contributed by atoms with Gasteiger partial charge in [-0.25, -0.2) is 4.98 Å². The Kier molecular flexibility index (Phi) is 6.32. The van der Waals surface area contributed by atoms with Crippen LogP contribution in [0.4, 0.5) is 17.1 Å². The highest BCUT2D eigenvalue weighted by Crippen LogP contribution is 2.63. The van der Waals surface area contributed by atoms with Crippen LogP contribution in [-0.4, -0.2) is 9.55 Å². The van der Waals surface area contributed by atoms with Gasteiger partial charge in [-0.1, -0.05) is 159 Å². The van der Waals surface area contributed by atoms with E-state index in [1.54, 1.807) is 0 Å². The Balaban J connectivity index is 1.17. The number of hydrogen-bond donors (Lipinski definition) is 0. The largest absolute Gasteiger partial charge is 0.309 e. The molecule has 0 bridgehead atoms. The van der Waals surface area contributed by atoms with Crippen molar-refractivity contribution in [3.8, 4) is 39.1 Å². The van der Waals surface area contributed by atoms with E-state index in [4.69, 9.17) is 4.98 Å². The van der Waals surface area contributed by atoms with E-state index in [9.17, 15) is 0 Å². The zero-order chi connectivity index (χ0) is 37.2. The summed E-state index contributed by atoms with van der Waals surface area (Å²) in [5.74, 6) is 1.05. The summed E-state index contributed by atoms with van der Waals surface area (Å²) in [6.07, 6.45) is 0. The van der Waals surface area contributed by atoms with Crippen molar-refractivity contribution in [1.82, 2.24) is 9.55 Å². The van der Waals surface area contributed by atoms with Gasteiger partial charge in [-0.2, -0.15) is 0 Å². The first kappa shape index (κ1) is 31.4. The van der Waals surface area contributed by atoms with Crippen molar-refractivity contribution >= 4 is 28.1 Å². The third-order valence-corrected chi connectivity index (χ3v) is 12.8. The van der Waals surface area contributed by atoms with Gasteiger partial charge in [0, 0.05) is 22.2 Å². The van der Waals surface area contributed by atoms with Crippen LogP contribution >= 0.6 is 0 Å². The highest BCUT2D eigenvalue weighted by atomic mass is 15.2. The molecule has 2 aliphatic carbocycles. The molecule has 9 aromatic rings. The van der Waals surface area contributed by atoms with Crippen LogP contribution in [0.1, 0.15) is 47.5 Å². The van der Waals surface area contributed by atoms with Crippen molar-refractivity contribution in [2.45, 2.75) is 24.7 Å². The first-order valence-electron chi connectivity index (χ1n) is 19.6. The number of para-hydroxylation sites is 3. The molecule has 0 saturated carbocycles. The standard InChI is InChI=1S/C53H37N3/c1-52(2)39-20-8-6-18-37(39)49-42(52)23-14-28-47(49)55(36-32-30-35(31-33-36)34-16-4-3-5-17-34)48-29-15-24-43-50(48)38-19-7-9-21-40(38)53(43)41-22-10-12-26-45(41)56-46-27-13-11-25-44(46)54-51(53)56/h3-33H,1-2H3. The molecule has 12 rings (SSSR count). The quantitative estimate of drug-likeness (QED) is 0.181. The zero-order valence-electron chi connectivity index (χ0n) is 31.2. The van der Waals surface area contributed by atoms with Crippen molar-refractivity contribution in [3.05, 3.63) is 222 Å². The number of imidazole rings is 1. The second kappa shape index (κ2) is 11.3. The molecule has 1 spiro atoms. The number of nitrogens with zero attached hydrogens (tertiary/aromatic N) is 3. The number of benzene rings is 8. The summed E-state index contributed by atoms with van der Waals surface area (Å²) >= 11 is 0. The van der Waals surface area contributed by atoms with Crippen molar-refractivity contribution < 1.29 is 0 Å². The van der Waals surface area contributed by atoms with Crippen LogP contribution in [-0.2, 0) is 10.8 Å². The van der Waals surface area contributed by atoms with Gasteiger partial charge >= 0.3 is 0 Å². The number of anilines is 3. The lowest BCUT2D eigenvalue weighted by Crippen LogP contribution is -2.27. The smallest absolute Gasteiger partial charge is 0.134 e. The minimum atomic E-state index is -0.590. The van der Waals surface area contributed by atoms with Crippen molar-refractivity contribution in [2.75, 3.05) is 4.90 Å². The van der Waals surface area contributed by atoms with Gasteiger partial charge in [0.25, 0.3) is 0 Å². The van der Waals surface area contributed by atoms with Gasteiger partial charge in [0.1, 0.15) is 11.2 Å². The molecule has 1 aliphatic heterocycles. The molecule has 56 heavy (non-hydrogen) atoms. The zero-order valence-corrected chi connectivity index (χ0v) is 31.2. The molecular weight excluding hydrogens is 679 g/mol. The van der Waals surface area contributed by atoms with Crippen LogP contribution in [0.5, 0.6) is 0 Å². The maximum absolute atomic E-state index is 5.51. The Morgan fingerprint density at radius 3 is 1.77 bits per heavy atom. The molecule has 1 unspecified atom stereocenters. The highest BCUT2D eigenvalue weighted by Gasteiger charge is 2.55. The number of aromatic nitrogens is 2. The van der Waals surface area contributed by atoms with Gasteiger partial charge < -0.3 is 4.90 Å². The molecule has 264 valence electrons. The molecule has 0 N–H and O–H groups in total. The maximum Gasteiger partial charge on any atom is 0.134 e. The molecule has 0 fully saturated rings. The molecule has 1 atom stereocenters. The Labute approximate surface area is 326 Å². The summed E-state index contributed by atoms with van der Waals surface area (Å²) in [4.78, 5) is 8.04. The SMILES string of the molecule is CC1(C)c2ccccc2-c2c(N(c3ccc(-c4ccccc4)cc3)c3cccc4c3-c3ccccc3C43c4ccccc4-n4c3nc3ccccc34)cccc21. The van der Waals surface area contributed by atoms with Crippen LogP contribution in [0.25, 0.3) is 50.1 Å². The summed E-state index contributed by atoms with van der Waals surface area (Å²) in [7, 11) is 0. The molecule has 1 aromatic heterocycles. The lowest BCUT2D eigenvalue weighted by Gasteiger charge is -2.31. The van der Waals surface area contributed by atoms with E-state index in [0.29, 0.717) is 0 Å². The molecular formula is C53H37N3. The predicted octanol–water partition coefficient (Wildman–Crippen LogP) is 13.1. The predicted molar refractivity (Wildman–Crippen MR) is 230 cm³/mol. The molecule has 2 heterocycles. The third kappa shape index (κ3) is 3.94. The maximum atomic E-state index is 5.51. The van der Waals surface area contributed by atoms with Crippen LogP contribution in [0.2, 0.25) is 0 Å². The number of rotatable bonds is 4. The van der Waals surface area contributed by atoms with Crippen molar-refractivity contribution in [2.24, 2.45) is 0 Å². The summed E-state index contributed by atoms with van der Waals surface area (Å²) < 4.78 is 2.41. The molecule has 0 saturated heterocycles. The monoisotopic (exact) mass is 715 g/mol. The van der Waals surface area contributed by atoms with Gasteiger partial charge in [0.15, 0.2) is 0 Å². The fourth-order valence-electron chi connectivity index (χ4n) is 10.4. The van der Waals surface area contributed by atoms with Crippen LogP contribution in [0.3, 0.4) is 0 Å².